The quantitative estimate of drug-likeness (QED) is 0.440. The topological polar surface area (TPSA) is 32.8 Å². The fourth-order valence-electron chi connectivity index (χ4n) is 3.63. The van der Waals surface area contributed by atoms with Crippen molar-refractivity contribution in [1.29, 1.82) is 0 Å². The van der Waals surface area contributed by atoms with Crippen LogP contribution in [-0.2, 0) is 13.2 Å². The van der Waals surface area contributed by atoms with E-state index in [1.165, 1.54) is 5.56 Å². The molecule has 3 aromatic rings. The number of benzene rings is 3. The minimum absolute atomic E-state index is 0.0802. The van der Waals surface area contributed by atoms with Crippen molar-refractivity contribution in [2.24, 2.45) is 0 Å². The second-order valence-electron chi connectivity index (χ2n) is 7.64. The molecule has 1 aliphatic heterocycles. The molecule has 1 heterocycles. The van der Waals surface area contributed by atoms with Gasteiger partial charge in [0, 0.05) is 47.8 Å². The Hall–Kier alpha value is -2.34. The standard InChI is InChI=1S/C25H24BrClN2O2/c26-22-6-10-24(11-7-22)31-18-20-2-1-3-21(16-20)25(30)29-14-12-28(13-15-29)17-19-4-8-23(27)9-5-19/h1-11,16H,12-15,17-18H2. The zero-order chi connectivity index (χ0) is 21.6. The number of halogens is 2. The van der Waals surface area contributed by atoms with Gasteiger partial charge in [0.1, 0.15) is 12.4 Å². The molecule has 0 unspecified atom stereocenters. The van der Waals surface area contributed by atoms with Crippen molar-refractivity contribution in [3.63, 3.8) is 0 Å². The highest BCUT2D eigenvalue weighted by Crippen LogP contribution is 2.19. The molecule has 0 bridgehead atoms. The molecule has 0 atom stereocenters. The number of rotatable bonds is 6. The summed E-state index contributed by atoms with van der Waals surface area (Å²) in [5.74, 6) is 0.883. The minimum Gasteiger partial charge on any atom is -0.489 e. The van der Waals surface area contributed by atoms with Crippen LogP contribution in [-0.4, -0.2) is 41.9 Å². The predicted molar refractivity (Wildman–Crippen MR) is 128 cm³/mol. The van der Waals surface area contributed by atoms with Gasteiger partial charge in [-0.05, 0) is 59.7 Å². The second-order valence-corrected chi connectivity index (χ2v) is 8.99. The zero-order valence-corrected chi connectivity index (χ0v) is 19.5. The van der Waals surface area contributed by atoms with Crippen LogP contribution in [0.15, 0.2) is 77.3 Å². The molecule has 160 valence electrons. The van der Waals surface area contributed by atoms with E-state index in [2.05, 4.69) is 33.0 Å². The Labute approximate surface area is 196 Å². The summed E-state index contributed by atoms with van der Waals surface area (Å²) in [6.45, 7) is 4.49. The van der Waals surface area contributed by atoms with Gasteiger partial charge in [0.25, 0.3) is 5.91 Å². The Morgan fingerprint density at radius 2 is 1.61 bits per heavy atom. The monoisotopic (exact) mass is 498 g/mol. The Kier molecular flexibility index (Phi) is 7.28. The number of ether oxygens (including phenoxy) is 1. The number of piperazine rings is 1. The molecule has 6 heteroatoms. The lowest BCUT2D eigenvalue weighted by atomic mass is 10.1. The molecule has 1 saturated heterocycles. The highest BCUT2D eigenvalue weighted by Gasteiger charge is 2.22. The molecule has 4 nitrogen and oxygen atoms in total. The first-order chi connectivity index (χ1) is 15.1. The largest absolute Gasteiger partial charge is 0.489 e. The number of carbonyl (C=O) groups excluding carboxylic acids is 1. The summed E-state index contributed by atoms with van der Waals surface area (Å²) in [6, 6.07) is 23.4. The fourth-order valence-corrected chi connectivity index (χ4v) is 4.02. The van der Waals surface area contributed by atoms with E-state index >= 15 is 0 Å². The summed E-state index contributed by atoms with van der Waals surface area (Å²) in [5, 5.41) is 0.753. The van der Waals surface area contributed by atoms with Gasteiger partial charge in [0.2, 0.25) is 0 Å². The summed E-state index contributed by atoms with van der Waals surface area (Å²) >= 11 is 9.39. The smallest absolute Gasteiger partial charge is 0.253 e. The van der Waals surface area contributed by atoms with Gasteiger partial charge >= 0.3 is 0 Å². The molecule has 4 rings (SSSR count). The van der Waals surface area contributed by atoms with Gasteiger partial charge in [0.05, 0.1) is 0 Å². The van der Waals surface area contributed by atoms with Gasteiger partial charge < -0.3 is 9.64 Å². The highest BCUT2D eigenvalue weighted by molar-refractivity contribution is 9.10. The molecule has 31 heavy (non-hydrogen) atoms. The third-order valence-electron chi connectivity index (χ3n) is 5.37. The van der Waals surface area contributed by atoms with Crippen LogP contribution < -0.4 is 4.74 Å². The molecule has 1 fully saturated rings. The third kappa shape index (κ3) is 6.10. The van der Waals surface area contributed by atoms with E-state index < -0.39 is 0 Å². The highest BCUT2D eigenvalue weighted by atomic mass is 79.9. The average molecular weight is 500 g/mol. The van der Waals surface area contributed by atoms with Crippen molar-refractivity contribution in [2.75, 3.05) is 26.2 Å². The predicted octanol–water partition coefficient (Wildman–Crippen LogP) is 5.64. The van der Waals surface area contributed by atoms with Crippen LogP contribution in [0.5, 0.6) is 5.75 Å². The van der Waals surface area contributed by atoms with Crippen molar-refractivity contribution < 1.29 is 9.53 Å². The van der Waals surface area contributed by atoms with E-state index in [4.69, 9.17) is 16.3 Å². The van der Waals surface area contributed by atoms with Gasteiger partial charge in [-0.25, -0.2) is 0 Å². The first-order valence-electron chi connectivity index (χ1n) is 10.3. The van der Waals surface area contributed by atoms with Crippen molar-refractivity contribution in [3.8, 4) is 5.75 Å². The maximum absolute atomic E-state index is 13.0. The number of amides is 1. The lowest BCUT2D eigenvalue weighted by molar-refractivity contribution is 0.0628. The van der Waals surface area contributed by atoms with Gasteiger partial charge in [-0.15, -0.1) is 0 Å². The summed E-state index contributed by atoms with van der Waals surface area (Å²) in [5.41, 5.74) is 2.93. The normalized spacial score (nSPS) is 14.5. The van der Waals surface area contributed by atoms with E-state index in [0.717, 1.165) is 53.5 Å². The molecule has 0 radical (unpaired) electrons. The fraction of sp³-hybridized carbons (Fsp3) is 0.240. The van der Waals surface area contributed by atoms with Gasteiger partial charge in [-0.1, -0.05) is 51.8 Å². The average Bonchev–Trinajstić information content (AvgIpc) is 2.80. The molecule has 0 N–H and O–H groups in total. The van der Waals surface area contributed by atoms with Crippen molar-refractivity contribution in [3.05, 3.63) is 99.0 Å². The van der Waals surface area contributed by atoms with Crippen LogP contribution in [0.1, 0.15) is 21.5 Å². The lowest BCUT2D eigenvalue weighted by Gasteiger charge is -2.34. The van der Waals surface area contributed by atoms with Crippen molar-refractivity contribution >= 4 is 33.4 Å². The van der Waals surface area contributed by atoms with E-state index in [1.807, 2.05) is 65.6 Å². The number of carbonyl (C=O) groups is 1. The van der Waals surface area contributed by atoms with E-state index in [-0.39, 0.29) is 5.91 Å². The maximum atomic E-state index is 13.0. The summed E-state index contributed by atoms with van der Waals surface area (Å²) in [7, 11) is 0. The van der Waals surface area contributed by atoms with Crippen LogP contribution in [0.2, 0.25) is 5.02 Å². The molecule has 1 amide bonds. The zero-order valence-electron chi connectivity index (χ0n) is 17.1. The molecule has 1 aliphatic rings. The molecule has 0 aliphatic carbocycles. The Morgan fingerprint density at radius 1 is 0.903 bits per heavy atom. The first kappa shape index (κ1) is 21.9. The van der Waals surface area contributed by atoms with Gasteiger partial charge in [-0.2, -0.15) is 0 Å². The third-order valence-corrected chi connectivity index (χ3v) is 6.15. The van der Waals surface area contributed by atoms with Crippen LogP contribution in [0, 0.1) is 0 Å². The van der Waals surface area contributed by atoms with Crippen molar-refractivity contribution in [2.45, 2.75) is 13.2 Å². The van der Waals surface area contributed by atoms with Crippen LogP contribution in [0.4, 0.5) is 0 Å². The van der Waals surface area contributed by atoms with Gasteiger partial charge in [0.15, 0.2) is 0 Å². The van der Waals surface area contributed by atoms with Crippen LogP contribution in [0.25, 0.3) is 0 Å². The number of hydrogen-bond acceptors (Lipinski definition) is 3. The number of nitrogens with zero attached hydrogens (tertiary/aromatic N) is 2. The first-order valence-corrected chi connectivity index (χ1v) is 11.5. The van der Waals surface area contributed by atoms with E-state index in [1.54, 1.807) is 0 Å². The van der Waals surface area contributed by atoms with E-state index in [0.29, 0.717) is 12.2 Å². The number of hydrogen-bond donors (Lipinski definition) is 0. The second kappa shape index (κ2) is 10.3. The minimum atomic E-state index is 0.0802. The van der Waals surface area contributed by atoms with Crippen LogP contribution in [0.3, 0.4) is 0 Å². The SMILES string of the molecule is O=C(c1cccc(COc2ccc(Br)cc2)c1)N1CCN(Cc2ccc(Cl)cc2)CC1. The lowest BCUT2D eigenvalue weighted by Crippen LogP contribution is -2.48. The van der Waals surface area contributed by atoms with E-state index in [9.17, 15) is 4.79 Å². The Morgan fingerprint density at radius 3 is 2.32 bits per heavy atom. The molecule has 0 saturated carbocycles. The summed E-state index contributed by atoms with van der Waals surface area (Å²) < 4.78 is 6.86. The molecule has 0 aromatic heterocycles. The summed E-state index contributed by atoms with van der Waals surface area (Å²) in [4.78, 5) is 17.3. The van der Waals surface area contributed by atoms with Gasteiger partial charge in [-0.3, -0.25) is 9.69 Å². The Bertz CT molecular complexity index is 1020. The van der Waals surface area contributed by atoms with Crippen molar-refractivity contribution in [1.82, 2.24) is 9.80 Å². The maximum Gasteiger partial charge on any atom is 0.253 e. The van der Waals surface area contributed by atoms with Crippen LogP contribution >= 0.6 is 27.5 Å². The Balaban J connectivity index is 1.30. The molecule has 3 aromatic carbocycles. The molecular weight excluding hydrogens is 476 g/mol. The molecular formula is C25H24BrClN2O2. The summed E-state index contributed by atoms with van der Waals surface area (Å²) in [6.07, 6.45) is 0. The molecule has 0 spiro atoms.